The van der Waals surface area contributed by atoms with Crippen LogP contribution in [0, 0.1) is 6.92 Å². The van der Waals surface area contributed by atoms with Crippen molar-refractivity contribution in [3.05, 3.63) is 101 Å². The highest BCUT2D eigenvalue weighted by molar-refractivity contribution is 7.92. The molecule has 0 fully saturated rings. The van der Waals surface area contributed by atoms with Crippen LogP contribution in [0.15, 0.2) is 78.9 Å². The molecule has 0 aromatic heterocycles. The number of benzene rings is 3. The summed E-state index contributed by atoms with van der Waals surface area (Å²) in [6.07, 6.45) is 1.97. The van der Waals surface area contributed by atoms with Gasteiger partial charge in [0.25, 0.3) is 0 Å². The van der Waals surface area contributed by atoms with Crippen molar-refractivity contribution in [3.63, 3.8) is 0 Å². The summed E-state index contributed by atoms with van der Waals surface area (Å²) in [7, 11) is -3.63. The van der Waals surface area contributed by atoms with Crippen molar-refractivity contribution in [1.29, 1.82) is 0 Å². The van der Waals surface area contributed by atoms with E-state index in [-0.39, 0.29) is 18.5 Å². The molecule has 6 heteroatoms. The van der Waals surface area contributed by atoms with Gasteiger partial charge in [0, 0.05) is 0 Å². The first-order chi connectivity index (χ1) is 14.8. The highest BCUT2D eigenvalue weighted by Crippen LogP contribution is 2.25. The van der Waals surface area contributed by atoms with Gasteiger partial charge in [-0.15, -0.1) is 0 Å². The molecule has 0 heterocycles. The molecule has 1 amide bonds. The molecule has 0 radical (unpaired) electrons. The van der Waals surface area contributed by atoms with Gasteiger partial charge in [0.05, 0.1) is 18.0 Å². The Balaban J connectivity index is 1.89. The lowest BCUT2D eigenvalue weighted by molar-refractivity contribution is -0.120. The number of carbonyl (C=O) groups excluding carboxylic acids is 1. The molecule has 31 heavy (non-hydrogen) atoms. The van der Waals surface area contributed by atoms with E-state index in [2.05, 4.69) is 5.32 Å². The van der Waals surface area contributed by atoms with Crippen molar-refractivity contribution in [2.45, 2.75) is 26.3 Å². The van der Waals surface area contributed by atoms with Crippen molar-refractivity contribution < 1.29 is 13.2 Å². The predicted octanol–water partition coefficient (Wildman–Crippen LogP) is 4.23. The number of anilines is 1. The van der Waals surface area contributed by atoms with Gasteiger partial charge >= 0.3 is 0 Å². The average Bonchev–Trinajstić information content (AvgIpc) is 2.76. The van der Waals surface area contributed by atoms with Crippen molar-refractivity contribution in [2.75, 3.05) is 17.1 Å². The second-order valence-corrected chi connectivity index (χ2v) is 9.46. The Morgan fingerprint density at radius 2 is 1.55 bits per heavy atom. The van der Waals surface area contributed by atoms with E-state index in [0.717, 1.165) is 39.2 Å². The minimum atomic E-state index is -3.63. The molecule has 3 aromatic carbocycles. The Labute approximate surface area is 184 Å². The van der Waals surface area contributed by atoms with Gasteiger partial charge in [-0.05, 0) is 47.7 Å². The molecule has 0 aliphatic carbocycles. The molecule has 0 aliphatic rings. The van der Waals surface area contributed by atoms with Gasteiger partial charge in [0.1, 0.15) is 6.54 Å². The maximum absolute atomic E-state index is 13.0. The minimum Gasteiger partial charge on any atom is -0.344 e. The van der Waals surface area contributed by atoms with E-state index < -0.39 is 10.0 Å². The van der Waals surface area contributed by atoms with Crippen molar-refractivity contribution in [2.24, 2.45) is 0 Å². The molecule has 162 valence electrons. The van der Waals surface area contributed by atoms with Crippen molar-refractivity contribution >= 4 is 21.6 Å². The quantitative estimate of drug-likeness (QED) is 0.575. The summed E-state index contributed by atoms with van der Waals surface area (Å²) in [5, 5.41) is 3.04. The Morgan fingerprint density at radius 3 is 2.13 bits per heavy atom. The Bertz CT molecular complexity index is 1130. The third-order valence-corrected chi connectivity index (χ3v) is 6.40. The fourth-order valence-corrected chi connectivity index (χ4v) is 4.39. The van der Waals surface area contributed by atoms with Crippen LogP contribution in [0.1, 0.15) is 35.2 Å². The molecular formula is C25H28N2O3S. The summed E-state index contributed by atoms with van der Waals surface area (Å²) in [4.78, 5) is 13.0. The van der Waals surface area contributed by atoms with E-state index in [1.165, 1.54) is 0 Å². The van der Waals surface area contributed by atoms with E-state index in [0.29, 0.717) is 5.69 Å². The zero-order valence-corrected chi connectivity index (χ0v) is 18.9. The van der Waals surface area contributed by atoms with Gasteiger partial charge in [0.2, 0.25) is 15.9 Å². The zero-order chi connectivity index (χ0) is 22.4. The Morgan fingerprint density at radius 1 is 0.935 bits per heavy atom. The first kappa shape index (κ1) is 22.6. The van der Waals surface area contributed by atoms with E-state index in [4.69, 9.17) is 0 Å². The molecule has 0 unspecified atom stereocenters. The summed E-state index contributed by atoms with van der Waals surface area (Å²) in [5.74, 6) is -0.373. The van der Waals surface area contributed by atoms with Crippen LogP contribution in [0.2, 0.25) is 0 Å². The van der Waals surface area contributed by atoms with E-state index >= 15 is 0 Å². The van der Waals surface area contributed by atoms with Crippen LogP contribution < -0.4 is 9.62 Å². The smallest absolute Gasteiger partial charge is 0.241 e. The number of nitrogens with zero attached hydrogens (tertiary/aromatic N) is 1. The van der Waals surface area contributed by atoms with Crippen LogP contribution in [0.4, 0.5) is 5.69 Å². The van der Waals surface area contributed by atoms with Crippen molar-refractivity contribution in [1.82, 2.24) is 5.32 Å². The molecule has 5 nitrogen and oxygen atoms in total. The lowest BCUT2D eigenvalue weighted by Gasteiger charge is -2.25. The van der Waals surface area contributed by atoms with Crippen molar-refractivity contribution in [3.8, 4) is 0 Å². The lowest BCUT2D eigenvalue weighted by Crippen LogP contribution is -2.42. The third kappa shape index (κ3) is 5.73. The maximum atomic E-state index is 13.0. The lowest BCUT2D eigenvalue weighted by atomic mass is 9.95. The fraction of sp³-hybridized carbons (Fsp3) is 0.240. The van der Waals surface area contributed by atoms with E-state index in [1.54, 1.807) is 12.1 Å². The standard InChI is InChI=1S/C25H28N2O3S/c1-4-20-14-16-22(17-15-20)27(31(3,29)30)18-24(28)26-25(21-11-6-5-7-12-21)23-13-9-8-10-19(23)2/h5-17,25H,4,18H2,1-3H3,(H,26,28)/t25-/m0/s1. The van der Waals surface area contributed by atoms with Crippen LogP contribution in [-0.2, 0) is 21.2 Å². The average molecular weight is 437 g/mol. The molecule has 0 bridgehead atoms. The topological polar surface area (TPSA) is 66.5 Å². The number of amides is 1. The molecule has 1 N–H and O–H groups in total. The largest absolute Gasteiger partial charge is 0.344 e. The van der Waals surface area contributed by atoms with Gasteiger partial charge in [-0.1, -0.05) is 73.7 Å². The number of rotatable bonds is 8. The van der Waals surface area contributed by atoms with Crippen LogP contribution in [0.5, 0.6) is 0 Å². The second kappa shape index (κ2) is 9.79. The molecule has 0 aliphatic heterocycles. The van der Waals surface area contributed by atoms with Gasteiger partial charge < -0.3 is 5.32 Å². The maximum Gasteiger partial charge on any atom is 0.241 e. The molecule has 3 rings (SSSR count). The Hall–Kier alpha value is -3.12. The molecule has 0 saturated heterocycles. The summed E-state index contributed by atoms with van der Waals surface area (Å²) < 4.78 is 26.0. The SMILES string of the molecule is CCc1ccc(N(CC(=O)N[C@@H](c2ccccc2)c2ccccc2C)S(C)(=O)=O)cc1. The number of hydrogen-bond donors (Lipinski definition) is 1. The number of sulfonamides is 1. The summed E-state index contributed by atoms with van der Waals surface area (Å²) in [6, 6.07) is 24.4. The van der Waals surface area contributed by atoms with Crippen LogP contribution >= 0.6 is 0 Å². The second-order valence-electron chi connectivity index (χ2n) is 7.56. The Kier molecular flexibility index (Phi) is 7.13. The number of hydrogen-bond acceptors (Lipinski definition) is 3. The van der Waals surface area contributed by atoms with Crippen LogP contribution in [0.25, 0.3) is 0 Å². The van der Waals surface area contributed by atoms with Gasteiger partial charge in [-0.2, -0.15) is 0 Å². The third-order valence-electron chi connectivity index (χ3n) is 5.26. The highest BCUT2D eigenvalue weighted by atomic mass is 32.2. The fourth-order valence-electron chi connectivity index (χ4n) is 3.53. The highest BCUT2D eigenvalue weighted by Gasteiger charge is 2.24. The van der Waals surface area contributed by atoms with Gasteiger partial charge in [-0.3, -0.25) is 9.10 Å². The minimum absolute atomic E-state index is 0.292. The number of carbonyl (C=O) groups is 1. The molecule has 1 atom stereocenters. The van der Waals surface area contributed by atoms with Crippen LogP contribution in [-0.4, -0.2) is 27.1 Å². The summed E-state index contributed by atoms with van der Waals surface area (Å²) >= 11 is 0. The van der Waals surface area contributed by atoms with E-state index in [9.17, 15) is 13.2 Å². The number of nitrogens with one attached hydrogen (secondary N) is 1. The van der Waals surface area contributed by atoms with Gasteiger partial charge in [0.15, 0.2) is 0 Å². The molecule has 3 aromatic rings. The molecule has 0 spiro atoms. The molecule has 0 saturated carbocycles. The summed E-state index contributed by atoms with van der Waals surface area (Å²) in [5.41, 5.74) is 4.53. The number of aryl methyl sites for hydroxylation is 2. The summed E-state index contributed by atoms with van der Waals surface area (Å²) in [6.45, 7) is 3.74. The zero-order valence-electron chi connectivity index (χ0n) is 18.1. The normalized spacial score (nSPS) is 12.2. The molecular weight excluding hydrogens is 408 g/mol. The monoisotopic (exact) mass is 436 g/mol. The first-order valence-corrected chi connectivity index (χ1v) is 12.1. The predicted molar refractivity (Wildman–Crippen MR) is 126 cm³/mol. The van der Waals surface area contributed by atoms with E-state index in [1.807, 2.05) is 80.6 Å². The first-order valence-electron chi connectivity index (χ1n) is 10.3. The van der Waals surface area contributed by atoms with Crippen LogP contribution in [0.3, 0.4) is 0 Å². The van der Waals surface area contributed by atoms with Gasteiger partial charge in [-0.25, -0.2) is 8.42 Å².